The van der Waals surface area contributed by atoms with Crippen LogP contribution < -0.4 is 11.1 Å². The van der Waals surface area contributed by atoms with Crippen LogP contribution >= 0.6 is 0 Å². The minimum atomic E-state index is -0.207. The molecule has 0 saturated heterocycles. The van der Waals surface area contributed by atoms with E-state index in [0.717, 1.165) is 5.56 Å². The monoisotopic (exact) mass is 301 g/mol. The van der Waals surface area contributed by atoms with Crippen LogP contribution in [0.25, 0.3) is 0 Å². The zero-order valence-electron chi connectivity index (χ0n) is 12.8. The first kappa shape index (κ1) is 15.9. The number of pyridine rings is 1. The van der Waals surface area contributed by atoms with Crippen LogP contribution in [0.15, 0.2) is 47.6 Å². The molecule has 0 fully saturated rings. The number of anilines is 1. The zero-order chi connectivity index (χ0) is 15.9. The number of aromatic nitrogens is 1. The van der Waals surface area contributed by atoms with E-state index in [9.17, 15) is 4.39 Å². The fourth-order valence-corrected chi connectivity index (χ4v) is 1.97. The van der Waals surface area contributed by atoms with Crippen molar-refractivity contribution in [3.8, 4) is 0 Å². The largest absolute Gasteiger partial charge is 0.370 e. The van der Waals surface area contributed by atoms with Crippen molar-refractivity contribution < 1.29 is 4.39 Å². The maximum absolute atomic E-state index is 13.7. The van der Waals surface area contributed by atoms with Crippen LogP contribution in [0, 0.1) is 5.82 Å². The maximum atomic E-state index is 13.7. The van der Waals surface area contributed by atoms with Gasteiger partial charge in [-0.15, -0.1) is 0 Å². The van der Waals surface area contributed by atoms with Crippen molar-refractivity contribution in [3.05, 3.63) is 59.5 Å². The molecular formula is C16H20FN5. The van der Waals surface area contributed by atoms with Crippen LogP contribution in [-0.2, 0) is 13.1 Å². The number of nitrogens with zero attached hydrogens (tertiary/aromatic N) is 3. The van der Waals surface area contributed by atoms with E-state index in [1.165, 1.54) is 6.07 Å². The number of hydrogen-bond donors (Lipinski definition) is 2. The Balaban J connectivity index is 2.02. The lowest BCUT2D eigenvalue weighted by Crippen LogP contribution is -2.23. The summed E-state index contributed by atoms with van der Waals surface area (Å²) in [5, 5.41) is 2.90. The third-order valence-corrected chi connectivity index (χ3v) is 2.95. The number of halogens is 1. The van der Waals surface area contributed by atoms with Crippen LogP contribution in [0.2, 0.25) is 0 Å². The van der Waals surface area contributed by atoms with Crippen LogP contribution in [0.4, 0.5) is 10.2 Å². The van der Waals surface area contributed by atoms with Crippen molar-refractivity contribution in [2.75, 3.05) is 19.4 Å². The highest BCUT2D eigenvalue weighted by atomic mass is 19.1. The van der Waals surface area contributed by atoms with Crippen LogP contribution in [-0.4, -0.2) is 29.9 Å². The second-order valence-electron chi connectivity index (χ2n) is 5.20. The van der Waals surface area contributed by atoms with Gasteiger partial charge >= 0.3 is 0 Å². The summed E-state index contributed by atoms with van der Waals surface area (Å²) in [6.45, 7) is 0.928. The molecule has 0 aliphatic heterocycles. The molecule has 0 spiro atoms. The Labute approximate surface area is 129 Å². The van der Waals surface area contributed by atoms with Gasteiger partial charge < -0.3 is 16.0 Å². The van der Waals surface area contributed by atoms with E-state index >= 15 is 0 Å². The summed E-state index contributed by atoms with van der Waals surface area (Å²) in [5.74, 6) is 0.703. The summed E-state index contributed by atoms with van der Waals surface area (Å²) in [7, 11) is 3.80. The molecule has 116 valence electrons. The van der Waals surface area contributed by atoms with Crippen molar-refractivity contribution >= 4 is 11.8 Å². The lowest BCUT2D eigenvalue weighted by atomic mass is 10.1. The molecule has 0 atom stereocenters. The molecule has 0 aliphatic carbocycles. The van der Waals surface area contributed by atoms with Crippen molar-refractivity contribution in [1.82, 2.24) is 9.88 Å². The molecule has 1 heterocycles. The zero-order valence-corrected chi connectivity index (χ0v) is 12.8. The molecule has 2 rings (SSSR count). The van der Waals surface area contributed by atoms with Gasteiger partial charge in [0, 0.05) is 18.3 Å². The molecule has 0 aliphatic rings. The van der Waals surface area contributed by atoms with E-state index in [1.807, 2.05) is 37.2 Å². The Bertz CT molecular complexity index is 640. The maximum Gasteiger partial charge on any atom is 0.194 e. The SMILES string of the molecule is CN(C)Cc1cc(CN=C(N)Nc2ccccn2)ccc1F. The van der Waals surface area contributed by atoms with Gasteiger partial charge in [-0.3, -0.25) is 0 Å². The standard InChI is InChI=1S/C16H20FN5/c1-22(2)11-13-9-12(6-7-14(13)17)10-20-16(18)21-15-5-3-4-8-19-15/h3-9H,10-11H2,1-2H3,(H3,18,19,20,21). The molecule has 0 unspecified atom stereocenters. The van der Waals surface area contributed by atoms with Crippen molar-refractivity contribution in [2.45, 2.75) is 13.1 Å². The summed E-state index contributed by atoms with van der Waals surface area (Å²) >= 11 is 0. The van der Waals surface area contributed by atoms with Gasteiger partial charge in [0.05, 0.1) is 6.54 Å². The normalized spacial score (nSPS) is 11.7. The molecule has 0 amide bonds. The Morgan fingerprint density at radius 1 is 1.32 bits per heavy atom. The smallest absolute Gasteiger partial charge is 0.194 e. The lowest BCUT2D eigenvalue weighted by molar-refractivity contribution is 0.392. The highest BCUT2D eigenvalue weighted by molar-refractivity contribution is 5.91. The van der Waals surface area contributed by atoms with Crippen LogP contribution in [0.5, 0.6) is 0 Å². The molecule has 0 saturated carbocycles. The van der Waals surface area contributed by atoms with Gasteiger partial charge in [0.25, 0.3) is 0 Å². The van der Waals surface area contributed by atoms with E-state index in [2.05, 4.69) is 15.3 Å². The molecule has 3 N–H and O–H groups in total. The Morgan fingerprint density at radius 3 is 2.82 bits per heavy atom. The fourth-order valence-electron chi connectivity index (χ4n) is 1.97. The van der Waals surface area contributed by atoms with Gasteiger partial charge in [-0.25, -0.2) is 14.4 Å². The van der Waals surface area contributed by atoms with Crippen molar-refractivity contribution in [3.63, 3.8) is 0 Å². The van der Waals surface area contributed by atoms with Crippen molar-refractivity contribution in [2.24, 2.45) is 10.7 Å². The second kappa shape index (κ2) is 7.51. The first-order valence-corrected chi connectivity index (χ1v) is 6.94. The number of rotatable bonds is 5. The molecule has 1 aromatic heterocycles. The third-order valence-electron chi connectivity index (χ3n) is 2.95. The minimum Gasteiger partial charge on any atom is -0.370 e. The average molecular weight is 301 g/mol. The van der Waals surface area contributed by atoms with E-state index in [0.29, 0.717) is 24.5 Å². The van der Waals surface area contributed by atoms with Gasteiger partial charge in [0.2, 0.25) is 0 Å². The quantitative estimate of drug-likeness (QED) is 0.656. The summed E-state index contributed by atoms with van der Waals surface area (Å²) in [4.78, 5) is 10.3. The van der Waals surface area contributed by atoms with Gasteiger partial charge in [0.1, 0.15) is 11.6 Å². The number of nitrogens with two attached hydrogens (primary N) is 1. The molecule has 1 aromatic carbocycles. The Morgan fingerprint density at radius 2 is 2.14 bits per heavy atom. The number of guanidine groups is 1. The fraction of sp³-hybridized carbons (Fsp3) is 0.250. The highest BCUT2D eigenvalue weighted by Gasteiger charge is 2.05. The van der Waals surface area contributed by atoms with E-state index in [1.54, 1.807) is 18.3 Å². The molecular weight excluding hydrogens is 281 g/mol. The Kier molecular flexibility index (Phi) is 5.43. The Hall–Kier alpha value is -2.47. The highest BCUT2D eigenvalue weighted by Crippen LogP contribution is 2.13. The summed E-state index contributed by atoms with van der Waals surface area (Å²) in [6.07, 6.45) is 1.67. The number of benzene rings is 1. The number of hydrogen-bond acceptors (Lipinski definition) is 3. The minimum absolute atomic E-state index is 0.207. The van der Waals surface area contributed by atoms with Crippen molar-refractivity contribution in [1.29, 1.82) is 0 Å². The van der Waals surface area contributed by atoms with Crippen LogP contribution in [0.3, 0.4) is 0 Å². The van der Waals surface area contributed by atoms with Gasteiger partial charge in [-0.2, -0.15) is 0 Å². The summed E-state index contributed by atoms with van der Waals surface area (Å²) < 4.78 is 13.7. The molecule has 2 aromatic rings. The van der Waals surface area contributed by atoms with Crippen LogP contribution in [0.1, 0.15) is 11.1 Å². The van der Waals surface area contributed by atoms with E-state index in [4.69, 9.17) is 5.73 Å². The third kappa shape index (κ3) is 4.82. The van der Waals surface area contributed by atoms with Gasteiger partial charge in [-0.05, 0) is 43.9 Å². The van der Waals surface area contributed by atoms with Gasteiger partial charge in [0.15, 0.2) is 5.96 Å². The predicted octanol–water partition coefficient (Wildman–Crippen LogP) is 2.21. The summed E-state index contributed by atoms with van der Waals surface area (Å²) in [6, 6.07) is 10.5. The molecule has 0 bridgehead atoms. The number of nitrogens with one attached hydrogen (secondary N) is 1. The lowest BCUT2D eigenvalue weighted by Gasteiger charge is -2.11. The average Bonchev–Trinajstić information content (AvgIpc) is 2.48. The first-order chi connectivity index (χ1) is 10.5. The molecule has 22 heavy (non-hydrogen) atoms. The molecule has 6 heteroatoms. The van der Waals surface area contributed by atoms with Gasteiger partial charge in [-0.1, -0.05) is 12.1 Å². The van der Waals surface area contributed by atoms with E-state index < -0.39 is 0 Å². The molecule has 5 nitrogen and oxygen atoms in total. The van der Waals surface area contributed by atoms with E-state index in [-0.39, 0.29) is 11.8 Å². The first-order valence-electron chi connectivity index (χ1n) is 6.94. The topological polar surface area (TPSA) is 66.5 Å². The predicted molar refractivity (Wildman–Crippen MR) is 87.0 cm³/mol. The number of aliphatic imine (C=N–C) groups is 1. The summed E-state index contributed by atoms with van der Waals surface area (Å²) in [5.41, 5.74) is 7.37. The molecule has 0 radical (unpaired) electrons. The second-order valence-corrected chi connectivity index (χ2v) is 5.20.